The largest absolute Gasteiger partial charge is 0.497 e. The topological polar surface area (TPSA) is 209 Å². The number of aryl methyl sites for hydroxylation is 1. The summed E-state index contributed by atoms with van der Waals surface area (Å²) in [6, 6.07) is 9.47. The van der Waals surface area contributed by atoms with Crippen molar-refractivity contribution in [3.63, 3.8) is 0 Å². The van der Waals surface area contributed by atoms with Crippen LogP contribution in [0.5, 0.6) is 5.75 Å². The first-order valence-corrected chi connectivity index (χ1v) is 20.6. The number of H-pyrrole nitrogens is 1. The van der Waals surface area contributed by atoms with E-state index in [0.717, 1.165) is 16.5 Å². The number of aromatic nitrogens is 3. The first kappa shape index (κ1) is 44.9. The van der Waals surface area contributed by atoms with Crippen LogP contribution in [0.1, 0.15) is 75.1 Å². The van der Waals surface area contributed by atoms with Gasteiger partial charge >= 0.3 is 0 Å². The van der Waals surface area contributed by atoms with E-state index < -0.39 is 72.2 Å². The predicted molar refractivity (Wildman–Crippen MR) is 227 cm³/mol. The molecule has 3 heterocycles. The van der Waals surface area contributed by atoms with Crippen LogP contribution in [0, 0.1) is 18.8 Å². The van der Waals surface area contributed by atoms with Gasteiger partial charge in [-0.15, -0.1) is 0 Å². The third kappa shape index (κ3) is 11.3. The van der Waals surface area contributed by atoms with E-state index in [1.165, 1.54) is 18.0 Å². The second-order valence-electron chi connectivity index (χ2n) is 16.2. The lowest BCUT2D eigenvalue weighted by atomic mass is 9.99. The summed E-state index contributed by atoms with van der Waals surface area (Å²) in [5, 5.41) is 19.6. The van der Waals surface area contributed by atoms with Gasteiger partial charge in [0.15, 0.2) is 0 Å². The number of rotatable bonds is 10. The van der Waals surface area contributed by atoms with Gasteiger partial charge in [-0.25, -0.2) is 0 Å². The lowest BCUT2D eigenvalue weighted by Crippen LogP contribution is -2.60. The van der Waals surface area contributed by atoms with Crippen molar-refractivity contribution < 1.29 is 33.5 Å². The molecule has 2 aromatic heterocycles. The minimum absolute atomic E-state index is 0.0546. The van der Waals surface area contributed by atoms with Gasteiger partial charge in [0.1, 0.15) is 29.9 Å². The standard InChI is InChI=1S/C44H59N9O7/c1-9-53-28(7)33(22-46-53)44(59)52-23-38(26(4)5)51-40(55)27(6)47-41(56)36(19-29-14-16-31(60-8)17-15-29)50-42(57)35(18-25(2)3)49-43(58)37(48-39(54)24-52)20-30-21-45-34-13-11-10-12-32(30)34/h10-17,21-22,25-27,35-38,45H,9,18-20,23-24H2,1-8H3,(H,47,56)(H,48,54)(H,49,58)(H,50,57)(H,51,55)/t27-,35+,36+,37-,38-/m1/s1. The molecule has 16 nitrogen and oxygen atoms in total. The second-order valence-corrected chi connectivity index (χ2v) is 16.2. The quantitative estimate of drug-likeness (QED) is 0.140. The number of fused-ring (bicyclic) bond motifs is 1. The maximum Gasteiger partial charge on any atom is 0.257 e. The maximum absolute atomic E-state index is 14.4. The minimum atomic E-state index is -1.18. The van der Waals surface area contributed by atoms with Crippen molar-refractivity contribution in [2.24, 2.45) is 11.8 Å². The van der Waals surface area contributed by atoms with Crippen molar-refractivity contribution in [3.05, 3.63) is 83.3 Å². The number of nitrogens with one attached hydrogen (secondary N) is 6. The summed E-state index contributed by atoms with van der Waals surface area (Å²) in [7, 11) is 1.54. The molecule has 5 atom stereocenters. The zero-order valence-corrected chi connectivity index (χ0v) is 35.8. The molecule has 1 aliphatic heterocycles. The van der Waals surface area contributed by atoms with E-state index in [2.05, 4.69) is 36.7 Å². The van der Waals surface area contributed by atoms with Gasteiger partial charge < -0.3 is 41.2 Å². The van der Waals surface area contributed by atoms with E-state index in [1.807, 2.05) is 58.9 Å². The van der Waals surface area contributed by atoms with Crippen molar-refractivity contribution in [3.8, 4) is 5.75 Å². The fourth-order valence-electron chi connectivity index (χ4n) is 7.31. The zero-order chi connectivity index (χ0) is 43.7. The van der Waals surface area contributed by atoms with Crippen LogP contribution in [0.3, 0.4) is 0 Å². The molecule has 5 rings (SSSR count). The molecule has 0 radical (unpaired) electrons. The molecular weight excluding hydrogens is 767 g/mol. The van der Waals surface area contributed by atoms with E-state index in [1.54, 1.807) is 49.2 Å². The predicted octanol–water partition coefficient (Wildman–Crippen LogP) is 2.79. The normalized spacial score (nSPS) is 21.5. The number of hydrogen-bond donors (Lipinski definition) is 6. The van der Waals surface area contributed by atoms with E-state index in [0.29, 0.717) is 29.1 Å². The molecule has 4 aromatic rings. The van der Waals surface area contributed by atoms with Crippen molar-refractivity contribution in [1.29, 1.82) is 0 Å². The second kappa shape index (κ2) is 20.2. The Labute approximate surface area is 350 Å². The molecule has 0 saturated carbocycles. The average molecular weight is 826 g/mol. The Balaban J connectivity index is 1.56. The minimum Gasteiger partial charge on any atom is -0.497 e. The van der Waals surface area contributed by atoms with Gasteiger partial charge in [0.05, 0.1) is 25.4 Å². The molecule has 322 valence electrons. The number of carbonyl (C=O) groups is 6. The van der Waals surface area contributed by atoms with Crippen molar-refractivity contribution in [2.45, 2.75) is 104 Å². The molecule has 0 aliphatic carbocycles. The number of hydrogen-bond acceptors (Lipinski definition) is 8. The summed E-state index contributed by atoms with van der Waals surface area (Å²) in [5.41, 5.74) is 3.21. The molecule has 6 amide bonds. The maximum atomic E-state index is 14.4. The summed E-state index contributed by atoms with van der Waals surface area (Å²) in [5.74, 6) is -3.13. The average Bonchev–Trinajstić information content (AvgIpc) is 3.80. The highest BCUT2D eigenvalue weighted by atomic mass is 16.5. The Morgan fingerprint density at radius 2 is 1.48 bits per heavy atom. The van der Waals surface area contributed by atoms with Gasteiger partial charge in [-0.05, 0) is 68.4 Å². The SMILES string of the molecule is CCn1ncc(C(=O)N2CC(=O)N[C@H](Cc3c[nH]c4ccccc34)C(=O)N[C@@H](CC(C)C)C(=O)N[C@@H](Cc3ccc(OC)cc3)C(=O)N[C@H](C)C(=O)N[C@@H](C(C)C)C2)c1C. The molecule has 0 spiro atoms. The smallest absolute Gasteiger partial charge is 0.257 e. The number of aromatic amines is 1. The van der Waals surface area contributed by atoms with E-state index in [-0.39, 0.29) is 37.6 Å². The van der Waals surface area contributed by atoms with Gasteiger partial charge in [0, 0.05) is 54.8 Å². The van der Waals surface area contributed by atoms with Gasteiger partial charge in [-0.3, -0.25) is 33.4 Å². The first-order valence-electron chi connectivity index (χ1n) is 20.6. The lowest BCUT2D eigenvalue weighted by molar-refractivity contribution is -0.135. The van der Waals surface area contributed by atoms with E-state index in [9.17, 15) is 28.8 Å². The van der Waals surface area contributed by atoms with Crippen LogP contribution in [0.25, 0.3) is 10.9 Å². The number of benzene rings is 2. The molecule has 1 aliphatic rings. The number of nitrogens with zero attached hydrogens (tertiary/aromatic N) is 3. The van der Waals surface area contributed by atoms with Crippen molar-refractivity contribution >= 4 is 46.3 Å². The highest BCUT2D eigenvalue weighted by Gasteiger charge is 2.34. The van der Waals surface area contributed by atoms with Crippen molar-refractivity contribution in [2.75, 3.05) is 20.2 Å². The zero-order valence-electron chi connectivity index (χ0n) is 35.8. The molecule has 16 heteroatoms. The molecule has 60 heavy (non-hydrogen) atoms. The summed E-state index contributed by atoms with van der Waals surface area (Å²) < 4.78 is 6.97. The van der Waals surface area contributed by atoms with Crippen LogP contribution in [0.2, 0.25) is 0 Å². The molecule has 2 aromatic carbocycles. The van der Waals surface area contributed by atoms with E-state index in [4.69, 9.17) is 4.74 Å². The summed E-state index contributed by atoms with van der Waals surface area (Å²) >= 11 is 0. The highest BCUT2D eigenvalue weighted by molar-refractivity contribution is 5.99. The molecule has 6 N–H and O–H groups in total. The van der Waals surface area contributed by atoms with Crippen LogP contribution in [0.4, 0.5) is 0 Å². The Kier molecular flexibility index (Phi) is 15.1. The van der Waals surface area contributed by atoms with Crippen LogP contribution in [-0.2, 0) is 43.4 Å². The van der Waals surface area contributed by atoms with Gasteiger partial charge in [-0.1, -0.05) is 58.0 Å². The number of amides is 6. The Hall–Kier alpha value is -6.19. The molecular formula is C44H59N9O7. The third-order valence-electron chi connectivity index (χ3n) is 10.9. The fraction of sp³-hybridized carbons (Fsp3) is 0.477. The third-order valence-corrected chi connectivity index (χ3v) is 10.9. The van der Waals surface area contributed by atoms with E-state index >= 15 is 0 Å². The highest BCUT2D eigenvalue weighted by Crippen LogP contribution is 2.21. The Morgan fingerprint density at radius 3 is 2.13 bits per heavy atom. The summed E-state index contributed by atoms with van der Waals surface area (Å²) in [6.07, 6.45) is 3.57. The molecule has 1 saturated heterocycles. The van der Waals surface area contributed by atoms with Crippen LogP contribution >= 0.6 is 0 Å². The Morgan fingerprint density at radius 1 is 0.833 bits per heavy atom. The summed E-state index contributed by atoms with van der Waals surface area (Å²) in [4.78, 5) is 89.6. The van der Waals surface area contributed by atoms with Gasteiger partial charge in [0.2, 0.25) is 29.5 Å². The van der Waals surface area contributed by atoms with Crippen LogP contribution in [0.15, 0.2) is 60.9 Å². The van der Waals surface area contributed by atoms with Crippen molar-refractivity contribution in [1.82, 2.24) is 46.2 Å². The molecule has 0 unspecified atom stereocenters. The number of para-hydroxylation sites is 1. The lowest BCUT2D eigenvalue weighted by Gasteiger charge is -2.32. The monoisotopic (exact) mass is 825 g/mol. The van der Waals surface area contributed by atoms with Gasteiger partial charge in [-0.2, -0.15) is 5.10 Å². The summed E-state index contributed by atoms with van der Waals surface area (Å²) in [6.45, 7) is 12.8. The number of carbonyl (C=O) groups excluding carboxylic acids is 6. The van der Waals surface area contributed by atoms with Gasteiger partial charge in [0.25, 0.3) is 5.91 Å². The fourth-order valence-corrected chi connectivity index (χ4v) is 7.31. The van der Waals surface area contributed by atoms with Crippen LogP contribution < -0.4 is 31.3 Å². The molecule has 1 fully saturated rings. The number of ether oxygens (including phenoxy) is 1. The molecule has 0 bridgehead atoms. The first-order chi connectivity index (χ1) is 28.6. The number of methoxy groups -OCH3 is 1. The van der Waals surface area contributed by atoms with Crippen LogP contribution in [-0.4, -0.2) is 106 Å². The Bertz CT molecular complexity index is 2160.